The Morgan fingerprint density at radius 1 is 1.00 bits per heavy atom. The molecule has 3 aromatic rings. The largest absolute Gasteiger partial charge is 0.355 e. The molecule has 94 valence electrons. The second-order valence-electron chi connectivity index (χ2n) is 4.66. The summed E-state index contributed by atoms with van der Waals surface area (Å²) < 4.78 is 0. The fourth-order valence-electron chi connectivity index (χ4n) is 2.42. The first-order valence-electron chi connectivity index (χ1n) is 6.72. The highest BCUT2D eigenvalue weighted by atomic mass is 14.7. The van der Waals surface area contributed by atoms with E-state index in [2.05, 4.69) is 78.6 Å². The van der Waals surface area contributed by atoms with E-state index in [4.69, 9.17) is 0 Å². The Hall–Kier alpha value is -2.28. The molecule has 0 aliphatic heterocycles. The number of hydrogen-bond acceptors (Lipinski definition) is 0. The first-order valence-corrected chi connectivity index (χ1v) is 6.72. The van der Waals surface area contributed by atoms with Crippen LogP contribution in [0.15, 0.2) is 66.7 Å². The first kappa shape index (κ1) is 11.8. The average Bonchev–Trinajstić information content (AvgIpc) is 2.89. The highest BCUT2D eigenvalue weighted by Gasteiger charge is 2.07. The summed E-state index contributed by atoms with van der Waals surface area (Å²) in [6, 6.07) is 21.2. The van der Waals surface area contributed by atoms with Gasteiger partial charge in [0.25, 0.3) is 0 Å². The van der Waals surface area contributed by atoms with Crippen LogP contribution in [0.5, 0.6) is 0 Å². The molecule has 1 N–H and O–H groups in total. The maximum atomic E-state index is 3.51. The second kappa shape index (κ2) is 5.15. The Labute approximate surface area is 113 Å². The fraction of sp³-hybridized carbons (Fsp3) is 0.111. The zero-order valence-corrected chi connectivity index (χ0v) is 11.1. The molecule has 1 heterocycles. The Balaban J connectivity index is 2.13. The summed E-state index contributed by atoms with van der Waals surface area (Å²) >= 11 is 0. The minimum Gasteiger partial charge on any atom is -0.355 e. The number of hydrogen-bond donors (Lipinski definition) is 1. The summed E-state index contributed by atoms with van der Waals surface area (Å²) in [6.45, 7) is 2.17. The number of fused-ring (bicyclic) bond motifs is 1. The van der Waals surface area contributed by atoms with Crippen molar-refractivity contribution in [3.05, 3.63) is 78.0 Å². The molecule has 0 atom stereocenters. The Kier molecular flexibility index (Phi) is 3.20. The summed E-state index contributed by atoms with van der Waals surface area (Å²) in [5.74, 6) is 0. The van der Waals surface area contributed by atoms with E-state index < -0.39 is 0 Å². The fourth-order valence-corrected chi connectivity index (χ4v) is 2.42. The highest BCUT2D eigenvalue weighted by molar-refractivity contribution is 5.88. The summed E-state index contributed by atoms with van der Waals surface area (Å²) in [6.07, 6.45) is 3.31. The summed E-state index contributed by atoms with van der Waals surface area (Å²) in [7, 11) is 0. The number of nitrogens with one attached hydrogen (secondary N) is 1. The number of H-pyrrole nitrogens is 1. The van der Waals surface area contributed by atoms with Gasteiger partial charge in [0.2, 0.25) is 0 Å². The molecule has 19 heavy (non-hydrogen) atoms. The van der Waals surface area contributed by atoms with Crippen molar-refractivity contribution in [2.75, 3.05) is 0 Å². The lowest BCUT2D eigenvalue weighted by Gasteiger charge is -2.05. The molecule has 0 amide bonds. The Bertz CT molecular complexity index is 672. The van der Waals surface area contributed by atoms with Gasteiger partial charge < -0.3 is 4.98 Å². The monoisotopic (exact) mass is 247 g/mol. The smallest absolute Gasteiger partial charge is 0.0467 e. The molecule has 3 rings (SSSR count). The van der Waals surface area contributed by atoms with Crippen LogP contribution in [-0.2, 0) is 0 Å². The highest BCUT2D eigenvalue weighted by Crippen LogP contribution is 2.26. The molecule has 1 aromatic heterocycles. The molecule has 0 aliphatic carbocycles. The van der Waals surface area contributed by atoms with Crippen LogP contribution in [0.2, 0.25) is 0 Å². The van der Waals surface area contributed by atoms with E-state index in [0.29, 0.717) is 0 Å². The molecular formula is C18H17N. The molecule has 0 saturated carbocycles. The van der Waals surface area contributed by atoms with Gasteiger partial charge in [0, 0.05) is 22.2 Å². The van der Waals surface area contributed by atoms with Gasteiger partial charge in [0.15, 0.2) is 0 Å². The van der Waals surface area contributed by atoms with E-state index >= 15 is 0 Å². The zero-order valence-electron chi connectivity index (χ0n) is 11.1. The molecule has 0 aliphatic rings. The van der Waals surface area contributed by atoms with Crippen molar-refractivity contribution >= 4 is 16.5 Å². The quantitative estimate of drug-likeness (QED) is 0.669. The van der Waals surface area contributed by atoms with E-state index in [1.165, 1.54) is 27.7 Å². The Morgan fingerprint density at radius 3 is 2.47 bits per heavy atom. The molecule has 0 saturated heterocycles. The van der Waals surface area contributed by atoms with Crippen LogP contribution in [0.25, 0.3) is 16.5 Å². The molecule has 1 nitrogen and oxygen atoms in total. The van der Waals surface area contributed by atoms with Crippen molar-refractivity contribution in [1.82, 2.24) is 4.98 Å². The van der Waals surface area contributed by atoms with Crippen LogP contribution in [0.4, 0.5) is 0 Å². The SMILES string of the molecule is CC/C=C(\c1ccccc1)c1cc2ccccc2[nH]1. The van der Waals surface area contributed by atoms with Gasteiger partial charge in [-0.15, -0.1) is 0 Å². The standard InChI is InChI=1S/C18H17N/c1-2-8-16(14-9-4-3-5-10-14)18-13-15-11-6-7-12-17(15)19-18/h3-13,19H,2H2,1H3/b16-8+. The molecule has 2 aromatic carbocycles. The third-order valence-corrected chi connectivity index (χ3v) is 3.31. The van der Waals surface area contributed by atoms with E-state index in [9.17, 15) is 0 Å². The Morgan fingerprint density at radius 2 is 1.74 bits per heavy atom. The average molecular weight is 247 g/mol. The minimum atomic E-state index is 1.03. The number of para-hydroxylation sites is 1. The predicted octanol–water partition coefficient (Wildman–Crippen LogP) is 5.01. The molecule has 0 radical (unpaired) electrons. The lowest BCUT2D eigenvalue weighted by molar-refractivity contribution is 1.22. The van der Waals surface area contributed by atoms with Gasteiger partial charge in [-0.05, 0) is 24.1 Å². The number of aromatic amines is 1. The van der Waals surface area contributed by atoms with Crippen LogP contribution in [-0.4, -0.2) is 4.98 Å². The molecular weight excluding hydrogens is 230 g/mol. The molecule has 0 spiro atoms. The maximum Gasteiger partial charge on any atom is 0.0467 e. The summed E-state index contributed by atoms with van der Waals surface area (Å²) in [5, 5.41) is 1.26. The van der Waals surface area contributed by atoms with Crippen LogP contribution in [0.1, 0.15) is 24.6 Å². The first-order chi connectivity index (χ1) is 9.38. The topological polar surface area (TPSA) is 15.8 Å². The van der Waals surface area contributed by atoms with Crippen LogP contribution >= 0.6 is 0 Å². The van der Waals surface area contributed by atoms with Crippen LogP contribution < -0.4 is 0 Å². The van der Waals surface area contributed by atoms with Crippen molar-refractivity contribution in [3.63, 3.8) is 0 Å². The van der Waals surface area contributed by atoms with Crippen molar-refractivity contribution in [1.29, 1.82) is 0 Å². The summed E-state index contributed by atoms with van der Waals surface area (Å²) in [4.78, 5) is 3.51. The predicted molar refractivity (Wildman–Crippen MR) is 82.1 cm³/mol. The van der Waals surface area contributed by atoms with Crippen molar-refractivity contribution in [3.8, 4) is 0 Å². The van der Waals surface area contributed by atoms with Gasteiger partial charge in [-0.1, -0.05) is 61.5 Å². The van der Waals surface area contributed by atoms with E-state index in [1.807, 2.05) is 0 Å². The third kappa shape index (κ3) is 2.32. The molecule has 0 unspecified atom stereocenters. The molecule has 1 heteroatoms. The van der Waals surface area contributed by atoms with Crippen LogP contribution in [0.3, 0.4) is 0 Å². The van der Waals surface area contributed by atoms with Crippen molar-refractivity contribution in [2.24, 2.45) is 0 Å². The van der Waals surface area contributed by atoms with Gasteiger partial charge in [-0.2, -0.15) is 0 Å². The van der Waals surface area contributed by atoms with E-state index in [1.54, 1.807) is 0 Å². The van der Waals surface area contributed by atoms with Gasteiger partial charge >= 0.3 is 0 Å². The van der Waals surface area contributed by atoms with Gasteiger partial charge in [-0.25, -0.2) is 0 Å². The number of benzene rings is 2. The maximum absolute atomic E-state index is 3.51. The number of rotatable bonds is 3. The minimum absolute atomic E-state index is 1.03. The van der Waals surface area contributed by atoms with Gasteiger partial charge in [0.1, 0.15) is 0 Å². The lowest BCUT2D eigenvalue weighted by atomic mass is 10.0. The van der Waals surface area contributed by atoms with Gasteiger partial charge in [-0.3, -0.25) is 0 Å². The third-order valence-electron chi connectivity index (χ3n) is 3.31. The molecule has 0 bridgehead atoms. The second-order valence-corrected chi connectivity index (χ2v) is 4.66. The normalized spacial score (nSPS) is 11.9. The summed E-state index contributed by atoms with van der Waals surface area (Å²) in [5.41, 5.74) is 4.92. The van der Waals surface area contributed by atoms with E-state index in [0.717, 1.165) is 6.42 Å². The lowest BCUT2D eigenvalue weighted by Crippen LogP contribution is -1.87. The molecule has 0 fully saturated rings. The van der Waals surface area contributed by atoms with Crippen molar-refractivity contribution < 1.29 is 0 Å². The van der Waals surface area contributed by atoms with Crippen molar-refractivity contribution in [2.45, 2.75) is 13.3 Å². The van der Waals surface area contributed by atoms with Gasteiger partial charge in [0.05, 0.1) is 0 Å². The van der Waals surface area contributed by atoms with E-state index in [-0.39, 0.29) is 0 Å². The van der Waals surface area contributed by atoms with Crippen LogP contribution in [0, 0.1) is 0 Å². The zero-order chi connectivity index (χ0) is 13.1. The number of allylic oxidation sites excluding steroid dienone is 1. The number of aromatic nitrogens is 1.